The summed E-state index contributed by atoms with van der Waals surface area (Å²) in [5, 5.41) is 2.76. The number of halogens is 1. The highest BCUT2D eigenvalue weighted by Crippen LogP contribution is 2.28. The van der Waals surface area contributed by atoms with Crippen molar-refractivity contribution in [1.82, 2.24) is 5.32 Å². The van der Waals surface area contributed by atoms with Crippen molar-refractivity contribution in [2.45, 2.75) is 17.9 Å². The fourth-order valence-corrected chi connectivity index (χ4v) is 3.41. The lowest BCUT2D eigenvalue weighted by Gasteiger charge is -2.14. The molecule has 1 amide bonds. The van der Waals surface area contributed by atoms with Crippen molar-refractivity contribution in [2.75, 3.05) is 18.9 Å². The molecule has 0 bridgehead atoms. The molecule has 0 spiro atoms. The molecule has 0 heterocycles. The fraction of sp³-hybridized carbons (Fsp3) is 0.235. The highest BCUT2D eigenvalue weighted by atomic mass is 35.5. The molecule has 1 atom stereocenters. The minimum atomic E-state index is -3.80. The Balaban J connectivity index is 2.14. The summed E-state index contributed by atoms with van der Waals surface area (Å²) in [5.74, 6) is 0.550. The van der Waals surface area contributed by atoms with Gasteiger partial charge in [0, 0.05) is 7.05 Å². The maximum Gasteiger partial charge on any atom is 0.261 e. The van der Waals surface area contributed by atoms with E-state index in [0.29, 0.717) is 22.2 Å². The maximum absolute atomic E-state index is 12.5. The monoisotopic (exact) mass is 398 g/mol. The molecular formula is C17H19ClN2O5S. The predicted molar refractivity (Wildman–Crippen MR) is 99.4 cm³/mol. The molecule has 0 saturated heterocycles. The highest BCUT2D eigenvalue weighted by Gasteiger charge is 2.17. The molecule has 0 aliphatic rings. The second-order valence-electron chi connectivity index (χ2n) is 5.30. The van der Waals surface area contributed by atoms with Gasteiger partial charge in [0.05, 0.1) is 22.7 Å². The van der Waals surface area contributed by atoms with Gasteiger partial charge >= 0.3 is 0 Å². The van der Waals surface area contributed by atoms with Gasteiger partial charge in [-0.1, -0.05) is 11.6 Å². The van der Waals surface area contributed by atoms with E-state index in [9.17, 15) is 13.2 Å². The molecule has 0 radical (unpaired) electrons. The first-order valence-corrected chi connectivity index (χ1v) is 9.47. The molecule has 0 unspecified atom stereocenters. The minimum absolute atomic E-state index is 0.0457. The summed E-state index contributed by atoms with van der Waals surface area (Å²) in [6.45, 7) is 1.60. The van der Waals surface area contributed by atoms with Crippen molar-refractivity contribution in [3.8, 4) is 11.5 Å². The summed E-state index contributed by atoms with van der Waals surface area (Å²) in [4.78, 5) is 11.5. The summed E-state index contributed by atoms with van der Waals surface area (Å²) < 4.78 is 37.8. The van der Waals surface area contributed by atoms with Crippen molar-refractivity contribution in [2.24, 2.45) is 0 Å². The highest BCUT2D eigenvalue weighted by molar-refractivity contribution is 7.92. The van der Waals surface area contributed by atoms with E-state index in [1.54, 1.807) is 19.1 Å². The second kappa shape index (κ2) is 8.29. The zero-order valence-corrected chi connectivity index (χ0v) is 16.0. The average Bonchev–Trinajstić information content (AvgIpc) is 2.61. The second-order valence-corrected chi connectivity index (χ2v) is 7.39. The summed E-state index contributed by atoms with van der Waals surface area (Å²) in [7, 11) is -0.819. The number of hydrogen-bond acceptors (Lipinski definition) is 5. The van der Waals surface area contributed by atoms with E-state index < -0.39 is 16.1 Å². The van der Waals surface area contributed by atoms with E-state index in [1.165, 1.54) is 44.5 Å². The van der Waals surface area contributed by atoms with Crippen LogP contribution in [0.5, 0.6) is 11.5 Å². The van der Waals surface area contributed by atoms with Gasteiger partial charge in [0.1, 0.15) is 11.5 Å². The van der Waals surface area contributed by atoms with Crippen LogP contribution in [0.4, 0.5) is 5.69 Å². The van der Waals surface area contributed by atoms with Gasteiger partial charge in [0.2, 0.25) is 0 Å². The summed E-state index contributed by atoms with van der Waals surface area (Å²) in [5.41, 5.74) is 0.310. The van der Waals surface area contributed by atoms with Crippen molar-refractivity contribution in [3.63, 3.8) is 0 Å². The Kier molecular flexibility index (Phi) is 6.33. The Labute approximate surface area is 157 Å². The van der Waals surface area contributed by atoms with Crippen molar-refractivity contribution >= 4 is 33.2 Å². The summed E-state index contributed by atoms with van der Waals surface area (Å²) in [6, 6.07) is 10.3. The first kappa shape index (κ1) is 19.9. The molecule has 140 valence electrons. The lowest BCUT2D eigenvalue weighted by atomic mass is 10.3. The number of amides is 1. The molecule has 2 N–H and O–H groups in total. The van der Waals surface area contributed by atoms with Crippen LogP contribution in [0.25, 0.3) is 0 Å². The van der Waals surface area contributed by atoms with Crippen LogP contribution in [-0.2, 0) is 14.8 Å². The van der Waals surface area contributed by atoms with Crippen LogP contribution in [0.2, 0.25) is 5.02 Å². The Hall–Kier alpha value is -2.45. The molecule has 7 nitrogen and oxygen atoms in total. The van der Waals surface area contributed by atoms with Crippen molar-refractivity contribution in [3.05, 3.63) is 47.5 Å². The van der Waals surface area contributed by atoms with Gasteiger partial charge in [-0.15, -0.1) is 0 Å². The Morgan fingerprint density at radius 2 is 1.81 bits per heavy atom. The van der Waals surface area contributed by atoms with Crippen LogP contribution >= 0.6 is 11.6 Å². The van der Waals surface area contributed by atoms with E-state index >= 15 is 0 Å². The first-order valence-electron chi connectivity index (χ1n) is 7.61. The zero-order valence-electron chi connectivity index (χ0n) is 14.4. The van der Waals surface area contributed by atoms with E-state index in [-0.39, 0.29) is 10.8 Å². The zero-order chi connectivity index (χ0) is 19.3. The molecule has 2 aromatic rings. The SMILES string of the molecule is CNC(=O)[C@H](C)Oc1ccc(S(=O)(=O)Nc2ccc(OC)c(Cl)c2)cc1. The van der Waals surface area contributed by atoms with Gasteiger partial charge in [0.15, 0.2) is 6.10 Å². The number of carbonyl (C=O) groups excluding carboxylic acids is 1. The van der Waals surface area contributed by atoms with Crippen molar-refractivity contribution in [1.29, 1.82) is 0 Å². The third kappa shape index (κ3) is 4.80. The van der Waals surface area contributed by atoms with Crippen LogP contribution in [0.15, 0.2) is 47.4 Å². The predicted octanol–water partition coefficient (Wildman–Crippen LogP) is 2.66. The van der Waals surface area contributed by atoms with Gasteiger partial charge in [0.25, 0.3) is 15.9 Å². The summed E-state index contributed by atoms with van der Waals surface area (Å²) >= 11 is 6.00. The fourth-order valence-electron chi connectivity index (χ4n) is 2.10. The smallest absolute Gasteiger partial charge is 0.261 e. The number of rotatable bonds is 7. The van der Waals surface area contributed by atoms with Crippen LogP contribution in [0, 0.1) is 0 Å². The molecule has 2 rings (SSSR count). The Morgan fingerprint density at radius 3 is 2.35 bits per heavy atom. The number of hydrogen-bond donors (Lipinski definition) is 2. The van der Waals surface area contributed by atoms with Crippen molar-refractivity contribution < 1.29 is 22.7 Å². The number of carbonyl (C=O) groups is 1. The Bertz CT molecular complexity index is 885. The van der Waals surface area contributed by atoms with E-state index in [4.69, 9.17) is 21.1 Å². The molecule has 9 heteroatoms. The number of methoxy groups -OCH3 is 1. The number of benzene rings is 2. The van der Waals surface area contributed by atoms with E-state index in [1.807, 2.05) is 0 Å². The molecule has 2 aromatic carbocycles. The third-order valence-corrected chi connectivity index (χ3v) is 5.16. The topological polar surface area (TPSA) is 93.7 Å². The van der Waals surface area contributed by atoms with E-state index in [0.717, 1.165) is 0 Å². The number of nitrogens with one attached hydrogen (secondary N) is 2. The molecule has 0 aliphatic carbocycles. The molecular weight excluding hydrogens is 380 g/mol. The number of anilines is 1. The van der Waals surface area contributed by atoms with Gasteiger partial charge < -0.3 is 14.8 Å². The van der Waals surface area contributed by atoms with Crippen LogP contribution < -0.4 is 19.5 Å². The van der Waals surface area contributed by atoms with Crippen LogP contribution in [-0.4, -0.2) is 34.6 Å². The number of likely N-dealkylation sites (N-methyl/N-ethyl adjacent to an activating group) is 1. The average molecular weight is 399 g/mol. The number of sulfonamides is 1. The minimum Gasteiger partial charge on any atom is -0.495 e. The van der Waals surface area contributed by atoms with Gasteiger partial charge in [-0.2, -0.15) is 0 Å². The standard InChI is InChI=1S/C17H19ClN2O5S/c1-11(17(21)19-2)25-13-5-7-14(8-6-13)26(22,23)20-12-4-9-16(24-3)15(18)10-12/h4-11,20H,1-3H3,(H,19,21)/t11-/m0/s1. The van der Waals surface area contributed by atoms with Gasteiger partial charge in [-0.25, -0.2) is 8.42 Å². The molecule has 26 heavy (non-hydrogen) atoms. The molecule has 0 fully saturated rings. The lowest BCUT2D eigenvalue weighted by Crippen LogP contribution is -2.33. The molecule has 0 aromatic heterocycles. The van der Waals surface area contributed by atoms with E-state index in [2.05, 4.69) is 10.0 Å². The van der Waals surface area contributed by atoms with Crippen LogP contribution in [0.1, 0.15) is 6.92 Å². The molecule has 0 saturated carbocycles. The molecule has 0 aliphatic heterocycles. The largest absolute Gasteiger partial charge is 0.495 e. The first-order chi connectivity index (χ1) is 12.3. The van der Waals surface area contributed by atoms with Crippen LogP contribution in [0.3, 0.4) is 0 Å². The number of ether oxygens (including phenoxy) is 2. The van der Waals surface area contributed by atoms with Gasteiger partial charge in [-0.05, 0) is 49.4 Å². The third-order valence-electron chi connectivity index (χ3n) is 3.47. The Morgan fingerprint density at radius 1 is 1.15 bits per heavy atom. The quantitative estimate of drug-likeness (QED) is 0.747. The maximum atomic E-state index is 12.5. The normalized spacial score (nSPS) is 12.2. The summed E-state index contributed by atoms with van der Waals surface area (Å²) in [6.07, 6.45) is -0.693. The lowest BCUT2D eigenvalue weighted by molar-refractivity contribution is -0.126. The van der Waals surface area contributed by atoms with Gasteiger partial charge in [-0.3, -0.25) is 9.52 Å².